The molecule has 1 amide bonds. The molecule has 1 aromatic heterocycles. The Bertz CT molecular complexity index is 266. The van der Waals surface area contributed by atoms with Crippen LogP contribution in [0.3, 0.4) is 0 Å². The number of hydrogen-bond acceptors (Lipinski definition) is 2. The second kappa shape index (κ2) is 2.74. The number of primary amides is 1. The van der Waals surface area contributed by atoms with E-state index in [2.05, 4.69) is 9.97 Å². The molecule has 0 aromatic carbocycles. The number of hydrogen-bond donors (Lipinski definition) is 2. The van der Waals surface area contributed by atoms with Crippen molar-refractivity contribution in [2.75, 3.05) is 0 Å². The predicted octanol–water partition coefficient (Wildman–Crippen LogP) is 0.307. The summed E-state index contributed by atoms with van der Waals surface area (Å²) in [5, 5.41) is 0. The normalized spacial score (nSPS) is 12.9. The smallest absolute Gasteiger partial charge is 0.226 e. The zero-order valence-electron chi connectivity index (χ0n) is 6.59. The van der Waals surface area contributed by atoms with Crippen molar-refractivity contribution in [1.29, 1.82) is 0 Å². The van der Waals surface area contributed by atoms with E-state index in [9.17, 15) is 4.79 Å². The van der Waals surface area contributed by atoms with Gasteiger partial charge in [0, 0.05) is 5.69 Å². The highest BCUT2D eigenvalue weighted by molar-refractivity contribution is 5.81. The summed E-state index contributed by atoms with van der Waals surface area (Å²) in [6, 6.07) is 0. The average molecular weight is 153 g/mol. The van der Waals surface area contributed by atoms with Crippen LogP contribution in [0.2, 0.25) is 0 Å². The number of carbonyl (C=O) groups is 1. The lowest BCUT2D eigenvalue weighted by molar-refractivity contribution is -0.119. The Kier molecular flexibility index (Phi) is 1.94. The van der Waals surface area contributed by atoms with Crippen LogP contribution in [-0.4, -0.2) is 15.9 Å². The van der Waals surface area contributed by atoms with E-state index in [4.69, 9.17) is 5.73 Å². The first-order valence-corrected chi connectivity index (χ1v) is 3.42. The van der Waals surface area contributed by atoms with Gasteiger partial charge in [-0.2, -0.15) is 0 Å². The fraction of sp³-hybridized carbons (Fsp3) is 0.429. The number of nitrogens with one attached hydrogen (secondary N) is 1. The molecule has 0 aliphatic carbocycles. The first-order valence-electron chi connectivity index (χ1n) is 3.42. The summed E-state index contributed by atoms with van der Waals surface area (Å²) in [5.74, 6) is -0.651. The molecular formula is C7H11N3O. The molecule has 0 bridgehead atoms. The van der Waals surface area contributed by atoms with E-state index in [0.717, 1.165) is 11.4 Å². The van der Waals surface area contributed by atoms with Crippen molar-refractivity contribution < 1.29 is 4.79 Å². The number of aromatic amines is 1. The van der Waals surface area contributed by atoms with Crippen LogP contribution in [0.15, 0.2) is 6.33 Å². The summed E-state index contributed by atoms with van der Waals surface area (Å²) in [6.45, 7) is 3.60. The molecule has 0 saturated carbocycles. The number of aromatic nitrogens is 2. The Morgan fingerprint density at radius 2 is 2.45 bits per heavy atom. The molecule has 0 spiro atoms. The molecule has 1 heterocycles. The van der Waals surface area contributed by atoms with Crippen molar-refractivity contribution >= 4 is 5.91 Å². The lowest BCUT2D eigenvalue weighted by Crippen LogP contribution is -2.19. The molecule has 1 rings (SSSR count). The quantitative estimate of drug-likeness (QED) is 0.641. The highest BCUT2D eigenvalue weighted by atomic mass is 16.1. The molecule has 4 heteroatoms. The first kappa shape index (κ1) is 7.78. The summed E-state index contributed by atoms with van der Waals surface area (Å²) in [5.41, 5.74) is 6.74. The molecule has 1 atom stereocenters. The van der Waals surface area contributed by atoms with Gasteiger partial charge in [0.2, 0.25) is 5.91 Å². The summed E-state index contributed by atoms with van der Waals surface area (Å²) in [4.78, 5) is 17.6. The van der Waals surface area contributed by atoms with Crippen molar-refractivity contribution in [1.82, 2.24) is 9.97 Å². The van der Waals surface area contributed by atoms with Crippen molar-refractivity contribution in [3.05, 3.63) is 17.7 Å². The Hall–Kier alpha value is -1.32. The average Bonchev–Trinajstić information content (AvgIpc) is 2.33. The lowest BCUT2D eigenvalue weighted by atomic mass is 10.1. The molecule has 11 heavy (non-hydrogen) atoms. The summed E-state index contributed by atoms with van der Waals surface area (Å²) in [6.07, 6.45) is 1.56. The van der Waals surface area contributed by atoms with Gasteiger partial charge in [-0.25, -0.2) is 4.98 Å². The maximum absolute atomic E-state index is 10.7. The minimum absolute atomic E-state index is 0.304. The van der Waals surface area contributed by atoms with Gasteiger partial charge in [0.05, 0.1) is 17.9 Å². The van der Waals surface area contributed by atoms with Crippen LogP contribution in [0.25, 0.3) is 0 Å². The van der Waals surface area contributed by atoms with E-state index in [1.807, 2.05) is 6.92 Å². The minimum atomic E-state index is -0.347. The Morgan fingerprint density at radius 3 is 2.82 bits per heavy atom. The van der Waals surface area contributed by atoms with Gasteiger partial charge in [-0.3, -0.25) is 4.79 Å². The summed E-state index contributed by atoms with van der Waals surface area (Å²) in [7, 11) is 0. The van der Waals surface area contributed by atoms with Gasteiger partial charge >= 0.3 is 0 Å². The summed E-state index contributed by atoms with van der Waals surface area (Å²) < 4.78 is 0. The first-order chi connectivity index (χ1) is 5.13. The molecule has 0 radical (unpaired) electrons. The van der Waals surface area contributed by atoms with E-state index in [0.29, 0.717) is 0 Å². The fourth-order valence-electron chi connectivity index (χ4n) is 0.941. The number of imidazole rings is 1. The molecule has 4 nitrogen and oxygen atoms in total. The fourth-order valence-corrected chi connectivity index (χ4v) is 0.941. The Balaban J connectivity index is 2.92. The highest BCUT2D eigenvalue weighted by Gasteiger charge is 2.15. The van der Waals surface area contributed by atoms with Crippen LogP contribution in [0.1, 0.15) is 24.2 Å². The van der Waals surface area contributed by atoms with Gasteiger partial charge in [-0.1, -0.05) is 0 Å². The molecule has 0 fully saturated rings. The SMILES string of the molecule is Cc1[nH]cnc1C(C)C(N)=O. The second-order valence-corrected chi connectivity index (χ2v) is 2.54. The maximum Gasteiger partial charge on any atom is 0.226 e. The van der Waals surface area contributed by atoms with Crippen LogP contribution in [-0.2, 0) is 4.79 Å². The standard InChI is InChI=1S/C7H11N3O/c1-4(7(8)11)6-5(2)9-3-10-6/h3-4H,1-2H3,(H2,8,11)(H,9,10). The van der Waals surface area contributed by atoms with E-state index in [1.54, 1.807) is 13.3 Å². The number of nitrogens with zero attached hydrogens (tertiary/aromatic N) is 1. The van der Waals surface area contributed by atoms with Gasteiger partial charge in [0.15, 0.2) is 0 Å². The molecule has 0 aliphatic rings. The minimum Gasteiger partial charge on any atom is -0.369 e. The van der Waals surface area contributed by atoms with Crippen molar-refractivity contribution in [2.24, 2.45) is 5.73 Å². The molecule has 1 unspecified atom stereocenters. The maximum atomic E-state index is 10.7. The van der Waals surface area contributed by atoms with Crippen LogP contribution in [0.5, 0.6) is 0 Å². The molecule has 3 N–H and O–H groups in total. The van der Waals surface area contributed by atoms with Crippen LogP contribution in [0, 0.1) is 6.92 Å². The molecule has 0 aliphatic heterocycles. The monoisotopic (exact) mass is 153 g/mol. The number of nitrogens with two attached hydrogens (primary N) is 1. The van der Waals surface area contributed by atoms with Gasteiger partial charge in [-0.15, -0.1) is 0 Å². The van der Waals surface area contributed by atoms with Gasteiger partial charge in [0.25, 0.3) is 0 Å². The van der Waals surface area contributed by atoms with Crippen LogP contribution < -0.4 is 5.73 Å². The predicted molar refractivity (Wildman–Crippen MR) is 40.9 cm³/mol. The van der Waals surface area contributed by atoms with Crippen molar-refractivity contribution in [3.8, 4) is 0 Å². The number of rotatable bonds is 2. The highest BCUT2D eigenvalue weighted by Crippen LogP contribution is 2.13. The van der Waals surface area contributed by atoms with Gasteiger partial charge in [0.1, 0.15) is 0 Å². The van der Waals surface area contributed by atoms with Crippen LogP contribution in [0.4, 0.5) is 0 Å². The number of carbonyl (C=O) groups excluding carboxylic acids is 1. The topological polar surface area (TPSA) is 71.8 Å². The molecule has 0 saturated heterocycles. The Morgan fingerprint density at radius 1 is 1.82 bits per heavy atom. The molecule has 1 aromatic rings. The van der Waals surface area contributed by atoms with E-state index in [-0.39, 0.29) is 11.8 Å². The summed E-state index contributed by atoms with van der Waals surface area (Å²) >= 11 is 0. The van der Waals surface area contributed by atoms with E-state index >= 15 is 0 Å². The third kappa shape index (κ3) is 1.39. The molecular weight excluding hydrogens is 142 g/mol. The molecule has 60 valence electrons. The third-order valence-corrected chi connectivity index (χ3v) is 1.71. The third-order valence-electron chi connectivity index (χ3n) is 1.71. The van der Waals surface area contributed by atoms with E-state index in [1.165, 1.54) is 0 Å². The number of aryl methyl sites for hydroxylation is 1. The second-order valence-electron chi connectivity index (χ2n) is 2.54. The number of H-pyrrole nitrogens is 1. The van der Waals surface area contributed by atoms with Gasteiger partial charge < -0.3 is 10.7 Å². The largest absolute Gasteiger partial charge is 0.369 e. The lowest BCUT2D eigenvalue weighted by Gasteiger charge is -2.03. The number of amides is 1. The van der Waals surface area contributed by atoms with Crippen molar-refractivity contribution in [3.63, 3.8) is 0 Å². The Labute approximate surface area is 64.8 Å². The van der Waals surface area contributed by atoms with Gasteiger partial charge in [-0.05, 0) is 13.8 Å². The van der Waals surface area contributed by atoms with E-state index < -0.39 is 0 Å². The van der Waals surface area contributed by atoms with Crippen LogP contribution >= 0.6 is 0 Å². The zero-order chi connectivity index (χ0) is 8.43. The zero-order valence-corrected chi connectivity index (χ0v) is 6.59. The van der Waals surface area contributed by atoms with Crippen molar-refractivity contribution in [2.45, 2.75) is 19.8 Å².